The molecule has 0 saturated heterocycles. The van der Waals surface area contributed by atoms with Crippen LogP contribution < -0.4 is 0 Å². The normalized spacial score (nSPS) is 17.9. The quantitative estimate of drug-likeness (QED) is 0.727. The first kappa shape index (κ1) is 22.6. The first-order chi connectivity index (χ1) is 12.2. The minimum Gasteiger partial charge on any atom is -0.335 e. The number of rotatable bonds is 4. The number of hydrogen-bond donors (Lipinski definition) is 1. The van der Waals surface area contributed by atoms with Crippen LogP contribution in [0.15, 0.2) is 54.7 Å². The summed E-state index contributed by atoms with van der Waals surface area (Å²) < 4.78 is 16.6. The molecule has 1 heterocycles. The Balaban J connectivity index is 0.000000765. The fraction of sp³-hybridized carbons (Fsp3) is 0.316. The number of allylic oxidation sites excluding steroid dienone is 1. The molecule has 1 amide bonds. The van der Waals surface area contributed by atoms with Crippen molar-refractivity contribution in [3.8, 4) is 0 Å². The van der Waals surface area contributed by atoms with Gasteiger partial charge in [-0.3, -0.25) is 4.79 Å². The maximum Gasteiger partial charge on any atom is 0.227 e. The fourth-order valence-electron chi connectivity index (χ4n) is 2.83. The van der Waals surface area contributed by atoms with E-state index in [4.69, 9.17) is 32.0 Å². The van der Waals surface area contributed by atoms with Gasteiger partial charge in [0.05, 0.1) is 12.5 Å². The Hall–Kier alpha value is -1.40. The molecule has 1 aliphatic heterocycles. The van der Waals surface area contributed by atoms with Crippen LogP contribution in [-0.4, -0.2) is 38.4 Å². The van der Waals surface area contributed by atoms with Crippen molar-refractivity contribution >= 4 is 40.2 Å². The summed E-state index contributed by atoms with van der Waals surface area (Å²) in [6.07, 6.45) is 5.84. The summed E-state index contributed by atoms with van der Waals surface area (Å²) in [7, 11) is 0. The van der Waals surface area contributed by atoms with E-state index >= 15 is 0 Å². The molecule has 0 spiro atoms. The van der Waals surface area contributed by atoms with Crippen molar-refractivity contribution in [3.63, 3.8) is 0 Å². The van der Waals surface area contributed by atoms with Gasteiger partial charge in [0.2, 0.25) is 5.91 Å². The third-order valence-electron chi connectivity index (χ3n) is 4.09. The maximum atomic E-state index is 12.7. The lowest BCUT2D eigenvalue weighted by molar-refractivity contribution is -0.132. The highest BCUT2D eigenvalue weighted by molar-refractivity contribution is 7.78. The number of nitrogens with zero attached hydrogens (tertiary/aromatic N) is 1. The Morgan fingerprint density at radius 3 is 2.35 bits per heavy atom. The molecule has 2 unspecified atom stereocenters. The summed E-state index contributed by atoms with van der Waals surface area (Å²) in [5, 5.41) is 1.05. The summed E-state index contributed by atoms with van der Waals surface area (Å²) in [4.78, 5) is 14.5. The third-order valence-corrected chi connectivity index (χ3v) is 4.80. The highest BCUT2D eigenvalue weighted by Gasteiger charge is 2.28. The molecular formula is C19H23Cl2NO3S. The standard InChI is InChI=1S/C18H19Cl2NO.CH4O2S/c1-4-13-9-10-21(12(3)14(13)5-2)18(22)11-15-16(19)7-6-8-17(15)20;1-4(2)3/h4-8,12H,1-2,9-11H2,3H3;1H3,(H,2,3). The molecule has 2 atom stereocenters. The fourth-order valence-corrected chi connectivity index (χ4v) is 3.36. The number of halogens is 2. The lowest BCUT2D eigenvalue weighted by atomic mass is 9.93. The summed E-state index contributed by atoms with van der Waals surface area (Å²) >= 11 is 10.7. The molecule has 0 aromatic heterocycles. The van der Waals surface area contributed by atoms with Crippen LogP contribution in [0.1, 0.15) is 18.9 Å². The Morgan fingerprint density at radius 1 is 1.35 bits per heavy atom. The molecule has 0 radical (unpaired) electrons. The number of carbonyl (C=O) groups is 1. The molecule has 142 valence electrons. The molecule has 1 aliphatic rings. The van der Waals surface area contributed by atoms with E-state index in [1.165, 1.54) is 6.26 Å². The largest absolute Gasteiger partial charge is 0.335 e. The van der Waals surface area contributed by atoms with Crippen LogP contribution in [0.5, 0.6) is 0 Å². The Bertz CT molecular complexity index is 722. The predicted molar refractivity (Wildman–Crippen MR) is 110 cm³/mol. The van der Waals surface area contributed by atoms with Crippen LogP contribution >= 0.6 is 23.2 Å². The molecule has 0 aliphatic carbocycles. The van der Waals surface area contributed by atoms with Crippen LogP contribution in [-0.2, 0) is 22.3 Å². The molecule has 0 saturated carbocycles. The Kier molecular flexibility index (Phi) is 9.30. The van der Waals surface area contributed by atoms with Crippen molar-refractivity contribution in [3.05, 3.63) is 70.3 Å². The van der Waals surface area contributed by atoms with Crippen molar-refractivity contribution < 1.29 is 13.6 Å². The average Bonchev–Trinajstić information content (AvgIpc) is 2.57. The zero-order valence-corrected chi connectivity index (χ0v) is 17.2. The van der Waals surface area contributed by atoms with Crippen LogP contribution in [0.2, 0.25) is 10.0 Å². The van der Waals surface area contributed by atoms with Gasteiger partial charge in [0, 0.05) is 22.8 Å². The Morgan fingerprint density at radius 2 is 1.88 bits per heavy atom. The van der Waals surface area contributed by atoms with Gasteiger partial charge in [-0.1, -0.05) is 54.6 Å². The first-order valence-corrected chi connectivity index (χ1v) is 10.2. The van der Waals surface area contributed by atoms with Gasteiger partial charge >= 0.3 is 0 Å². The highest BCUT2D eigenvalue weighted by atomic mass is 35.5. The van der Waals surface area contributed by atoms with Crippen molar-refractivity contribution in [1.29, 1.82) is 0 Å². The summed E-state index contributed by atoms with van der Waals surface area (Å²) in [6, 6.07) is 5.26. The predicted octanol–water partition coefficient (Wildman–Crippen LogP) is 4.66. The number of amides is 1. The minimum atomic E-state index is -1.61. The van der Waals surface area contributed by atoms with Crippen LogP contribution in [0.4, 0.5) is 0 Å². The van der Waals surface area contributed by atoms with E-state index in [-0.39, 0.29) is 18.4 Å². The van der Waals surface area contributed by atoms with Crippen LogP contribution in [0.25, 0.3) is 0 Å². The molecular weight excluding hydrogens is 393 g/mol. The third kappa shape index (κ3) is 6.09. The number of hydrogen-bond acceptors (Lipinski definition) is 2. The average molecular weight is 416 g/mol. The van der Waals surface area contributed by atoms with E-state index in [1.54, 1.807) is 18.2 Å². The van der Waals surface area contributed by atoms with Crippen LogP contribution in [0, 0.1) is 0 Å². The zero-order chi connectivity index (χ0) is 19.9. The smallest absolute Gasteiger partial charge is 0.227 e. The van der Waals surface area contributed by atoms with E-state index in [0.717, 1.165) is 17.6 Å². The van der Waals surface area contributed by atoms with Gasteiger partial charge in [-0.05, 0) is 42.2 Å². The molecule has 2 rings (SSSR count). The van der Waals surface area contributed by atoms with Crippen molar-refractivity contribution in [2.75, 3.05) is 12.8 Å². The van der Waals surface area contributed by atoms with E-state index in [2.05, 4.69) is 13.2 Å². The molecule has 0 bridgehead atoms. The molecule has 4 nitrogen and oxygen atoms in total. The highest BCUT2D eigenvalue weighted by Crippen LogP contribution is 2.29. The summed E-state index contributed by atoms with van der Waals surface area (Å²) in [5.41, 5.74) is 2.89. The second kappa shape index (κ2) is 10.7. The van der Waals surface area contributed by atoms with Crippen molar-refractivity contribution in [2.45, 2.75) is 25.8 Å². The van der Waals surface area contributed by atoms with Gasteiger partial charge in [-0.2, -0.15) is 0 Å². The number of carbonyl (C=O) groups excluding carboxylic acids is 1. The maximum absolute atomic E-state index is 12.7. The SMILES string of the molecule is C=CC1=C(C=C)C(C)N(C(=O)Cc2c(Cl)cccc2Cl)CC1.CS(=O)O. The molecule has 26 heavy (non-hydrogen) atoms. The van der Waals surface area contributed by atoms with E-state index in [1.807, 2.05) is 24.0 Å². The minimum absolute atomic E-state index is 0.0185. The van der Waals surface area contributed by atoms with Crippen molar-refractivity contribution in [1.82, 2.24) is 4.90 Å². The van der Waals surface area contributed by atoms with Gasteiger partial charge in [-0.15, -0.1) is 0 Å². The number of benzene rings is 1. The lowest BCUT2D eigenvalue weighted by Crippen LogP contribution is -2.44. The van der Waals surface area contributed by atoms with Gasteiger partial charge in [0.15, 0.2) is 0 Å². The van der Waals surface area contributed by atoms with E-state index < -0.39 is 11.1 Å². The zero-order valence-electron chi connectivity index (χ0n) is 14.9. The van der Waals surface area contributed by atoms with Crippen molar-refractivity contribution in [2.24, 2.45) is 0 Å². The lowest BCUT2D eigenvalue weighted by Gasteiger charge is -2.35. The topological polar surface area (TPSA) is 57.6 Å². The van der Waals surface area contributed by atoms with Crippen LogP contribution in [0.3, 0.4) is 0 Å². The van der Waals surface area contributed by atoms with Gasteiger partial charge < -0.3 is 9.45 Å². The molecule has 7 heteroatoms. The van der Waals surface area contributed by atoms with Gasteiger partial charge in [-0.25, -0.2) is 4.21 Å². The molecule has 1 N–H and O–H groups in total. The second-order valence-electron chi connectivity index (χ2n) is 5.70. The first-order valence-electron chi connectivity index (χ1n) is 7.95. The van der Waals surface area contributed by atoms with Gasteiger partial charge in [0.1, 0.15) is 11.1 Å². The van der Waals surface area contributed by atoms with Gasteiger partial charge in [0.25, 0.3) is 0 Å². The molecule has 1 aromatic carbocycles. The monoisotopic (exact) mass is 415 g/mol. The summed E-state index contributed by atoms with van der Waals surface area (Å²) in [5.74, 6) is 0.0185. The summed E-state index contributed by atoms with van der Waals surface area (Å²) in [6.45, 7) is 10.4. The van der Waals surface area contributed by atoms with E-state index in [9.17, 15) is 4.79 Å². The molecule has 1 aromatic rings. The molecule has 0 fully saturated rings. The Labute approximate surface area is 167 Å². The second-order valence-corrected chi connectivity index (χ2v) is 7.36. The van der Waals surface area contributed by atoms with E-state index in [0.29, 0.717) is 22.2 Å².